The third-order valence-electron chi connectivity index (χ3n) is 6.26. The molecule has 1 heterocycles. The van der Waals surface area contributed by atoms with E-state index in [0.717, 1.165) is 38.6 Å². The Morgan fingerprint density at radius 3 is 2.44 bits per heavy atom. The molecule has 0 radical (unpaired) electrons. The van der Waals surface area contributed by atoms with E-state index in [-0.39, 0.29) is 18.0 Å². The summed E-state index contributed by atoms with van der Waals surface area (Å²) in [6.45, 7) is 1.42. The Bertz CT molecular complexity index is 579. The summed E-state index contributed by atoms with van der Waals surface area (Å²) < 4.78 is 6.23. The van der Waals surface area contributed by atoms with Gasteiger partial charge in [0.25, 0.3) is 0 Å². The first-order chi connectivity index (χ1) is 12.2. The van der Waals surface area contributed by atoms with Crippen LogP contribution in [-0.4, -0.2) is 42.1 Å². The molecule has 2 saturated carbocycles. The van der Waals surface area contributed by atoms with E-state index in [2.05, 4.69) is 30.3 Å². The number of ether oxygens (including phenoxy) is 1. The smallest absolute Gasteiger partial charge is 0.226 e. The molecule has 1 saturated heterocycles. The summed E-state index contributed by atoms with van der Waals surface area (Å²) in [7, 11) is 0. The van der Waals surface area contributed by atoms with Gasteiger partial charge < -0.3 is 15.4 Å². The average molecular weight is 342 g/mol. The number of nitrogens with zero attached hydrogens (tertiary/aromatic N) is 1. The van der Waals surface area contributed by atoms with Crippen LogP contribution in [0.25, 0.3) is 0 Å². The van der Waals surface area contributed by atoms with Crippen LogP contribution in [0.1, 0.15) is 56.4 Å². The molecule has 0 aromatic heterocycles. The fourth-order valence-corrected chi connectivity index (χ4v) is 4.45. The van der Waals surface area contributed by atoms with Gasteiger partial charge in [0.05, 0.1) is 18.8 Å². The molecule has 1 aliphatic heterocycles. The largest absolute Gasteiger partial charge is 0.376 e. The van der Waals surface area contributed by atoms with Crippen molar-refractivity contribution < 1.29 is 9.53 Å². The van der Waals surface area contributed by atoms with Gasteiger partial charge in [-0.15, -0.1) is 0 Å². The Labute approximate surface area is 150 Å². The Morgan fingerprint density at radius 2 is 1.76 bits per heavy atom. The highest BCUT2D eigenvalue weighted by atomic mass is 16.5. The molecule has 3 aliphatic rings. The van der Waals surface area contributed by atoms with Gasteiger partial charge >= 0.3 is 0 Å². The summed E-state index contributed by atoms with van der Waals surface area (Å²) in [5, 5.41) is 0. The lowest BCUT2D eigenvalue weighted by Crippen LogP contribution is -2.47. The minimum absolute atomic E-state index is 0.0726. The van der Waals surface area contributed by atoms with Gasteiger partial charge in [0.15, 0.2) is 0 Å². The highest BCUT2D eigenvalue weighted by Crippen LogP contribution is 2.35. The molecule has 2 N–H and O–H groups in total. The van der Waals surface area contributed by atoms with Crippen LogP contribution in [-0.2, 0) is 9.53 Å². The van der Waals surface area contributed by atoms with Crippen molar-refractivity contribution >= 4 is 5.91 Å². The molecule has 1 aromatic carbocycles. The Balaban J connectivity index is 1.26. The average Bonchev–Trinajstić information content (AvgIpc) is 3.44. The Morgan fingerprint density at radius 1 is 1.04 bits per heavy atom. The van der Waals surface area contributed by atoms with E-state index < -0.39 is 0 Å². The normalized spacial score (nSPS) is 32.8. The molecular formula is C21H30N2O2. The van der Waals surface area contributed by atoms with Gasteiger partial charge in [-0.25, -0.2) is 0 Å². The molecule has 136 valence electrons. The van der Waals surface area contributed by atoms with Gasteiger partial charge in [0.1, 0.15) is 0 Å². The van der Waals surface area contributed by atoms with Gasteiger partial charge in [-0.05, 0) is 56.4 Å². The molecule has 4 heteroatoms. The van der Waals surface area contributed by atoms with Crippen LogP contribution in [0.4, 0.5) is 0 Å². The zero-order valence-corrected chi connectivity index (χ0v) is 15.0. The molecule has 4 rings (SSSR count). The van der Waals surface area contributed by atoms with Crippen LogP contribution in [0, 0.1) is 5.92 Å². The lowest BCUT2D eigenvalue weighted by molar-refractivity contribution is -0.135. The van der Waals surface area contributed by atoms with Gasteiger partial charge in [-0.2, -0.15) is 0 Å². The predicted octanol–water partition coefficient (Wildman–Crippen LogP) is 3.07. The maximum Gasteiger partial charge on any atom is 0.226 e. The van der Waals surface area contributed by atoms with Gasteiger partial charge in [-0.3, -0.25) is 4.79 Å². The quantitative estimate of drug-likeness (QED) is 0.895. The van der Waals surface area contributed by atoms with Crippen molar-refractivity contribution in [3.8, 4) is 0 Å². The van der Waals surface area contributed by atoms with E-state index in [9.17, 15) is 4.79 Å². The van der Waals surface area contributed by atoms with E-state index in [0.29, 0.717) is 24.5 Å². The zero-order valence-electron chi connectivity index (χ0n) is 15.0. The summed E-state index contributed by atoms with van der Waals surface area (Å²) >= 11 is 0. The minimum Gasteiger partial charge on any atom is -0.376 e. The number of hydrogen-bond acceptors (Lipinski definition) is 3. The standard InChI is InChI=1S/C21H30N2O2/c22-19-12-13-23(21(24)17-6-7-17)20(19)14-25-18-10-8-16(9-11-18)15-4-2-1-3-5-15/h1-5,16-20H,6-14,22H2. The van der Waals surface area contributed by atoms with Gasteiger partial charge in [0, 0.05) is 18.5 Å². The second-order valence-electron chi connectivity index (χ2n) is 8.04. The van der Waals surface area contributed by atoms with E-state index in [1.54, 1.807) is 0 Å². The van der Waals surface area contributed by atoms with E-state index in [4.69, 9.17) is 10.5 Å². The van der Waals surface area contributed by atoms with Crippen LogP contribution in [0.5, 0.6) is 0 Å². The second kappa shape index (κ2) is 7.46. The molecule has 2 aliphatic carbocycles. The number of amides is 1. The van der Waals surface area contributed by atoms with E-state index >= 15 is 0 Å². The first kappa shape index (κ1) is 17.0. The molecule has 2 unspecified atom stereocenters. The number of hydrogen-bond donors (Lipinski definition) is 1. The molecule has 2 atom stereocenters. The van der Waals surface area contributed by atoms with Crippen molar-refractivity contribution in [3.05, 3.63) is 35.9 Å². The van der Waals surface area contributed by atoms with Crippen LogP contribution in [0.3, 0.4) is 0 Å². The van der Waals surface area contributed by atoms with Crippen molar-refractivity contribution in [2.75, 3.05) is 13.2 Å². The molecule has 25 heavy (non-hydrogen) atoms. The highest BCUT2D eigenvalue weighted by Gasteiger charge is 2.41. The van der Waals surface area contributed by atoms with E-state index in [1.165, 1.54) is 18.4 Å². The first-order valence-corrected chi connectivity index (χ1v) is 9.95. The summed E-state index contributed by atoms with van der Waals surface area (Å²) in [6, 6.07) is 11.0. The molecule has 0 spiro atoms. The number of likely N-dealkylation sites (tertiary alicyclic amines) is 1. The van der Waals surface area contributed by atoms with Crippen LogP contribution in [0.2, 0.25) is 0 Å². The second-order valence-corrected chi connectivity index (χ2v) is 8.04. The number of carbonyl (C=O) groups is 1. The maximum atomic E-state index is 12.4. The predicted molar refractivity (Wildman–Crippen MR) is 98.2 cm³/mol. The Hall–Kier alpha value is -1.39. The fourth-order valence-electron chi connectivity index (χ4n) is 4.45. The number of carbonyl (C=O) groups excluding carboxylic acids is 1. The third kappa shape index (κ3) is 3.90. The molecule has 4 nitrogen and oxygen atoms in total. The van der Waals surface area contributed by atoms with Crippen LogP contribution >= 0.6 is 0 Å². The van der Waals surface area contributed by atoms with Gasteiger partial charge in [-0.1, -0.05) is 30.3 Å². The lowest BCUT2D eigenvalue weighted by atomic mass is 9.83. The molecule has 3 fully saturated rings. The Kier molecular flexibility index (Phi) is 5.09. The number of rotatable bonds is 5. The summed E-state index contributed by atoms with van der Waals surface area (Å²) in [5.74, 6) is 1.26. The maximum absolute atomic E-state index is 12.4. The van der Waals surface area contributed by atoms with E-state index in [1.807, 2.05) is 4.90 Å². The van der Waals surface area contributed by atoms with Crippen LogP contribution < -0.4 is 5.73 Å². The summed E-state index contributed by atoms with van der Waals surface area (Å²) in [4.78, 5) is 14.4. The first-order valence-electron chi connectivity index (χ1n) is 9.95. The molecular weight excluding hydrogens is 312 g/mol. The monoisotopic (exact) mass is 342 g/mol. The highest BCUT2D eigenvalue weighted by molar-refractivity contribution is 5.81. The molecule has 1 amide bonds. The summed E-state index contributed by atoms with van der Waals surface area (Å²) in [6.07, 6.45) is 7.95. The molecule has 1 aromatic rings. The third-order valence-corrected chi connectivity index (χ3v) is 6.26. The minimum atomic E-state index is 0.0726. The van der Waals surface area contributed by atoms with Crippen molar-refractivity contribution in [2.24, 2.45) is 11.7 Å². The van der Waals surface area contributed by atoms with Crippen molar-refractivity contribution in [1.29, 1.82) is 0 Å². The fraction of sp³-hybridized carbons (Fsp3) is 0.667. The topological polar surface area (TPSA) is 55.6 Å². The summed E-state index contributed by atoms with van der Waals surface area (Å²) in [5.41, 5.74) is 7.73. The van der Waals surface area contributed by atoms with Crippen molar-refractivity contribution in [2.45, 2.75) is 69.1 Å². The van der Waals surface area contributed by atoms with Gasteiger partial charge in [0.2, 0.25) is 5.91 Å². The zero-order chi connectivity index (χ0) is 17.2. The SMILES string of the molecule is NC1CCN(C(=O)C2CC2)C1COC1CCC(c2ccccc2)CC1. The number of benzene rings is 1. The lowest BCUT2D eigenvalue weighted by Gasteiger charge is -2.32. The van der Waals surface area contributed by atoms with Crippen molar-refractivity contribution in [3.63, 3.8) is 0 Å². The number of nitrogens with two attached hydrogens (primary N) is 1. The van der Waals surface area contributed by atoms with Crippen molar-refractivity contribution in [1.82, 2.24) is 4.90 Å². The van der Waals surface area contributed by atoms with Crippen LogP contribution in [0.15, 0.2) is 30.3 Å². The molecule has 0 bridgehead atoms.